The lowest BCUT2D eigenvalue weighted by Gasteiger charge is -2.34. The van der Waals surface area contributed by atoms with E-state index in [0.717, 1.165) is 10.4 Å². The molecule has 6 nitrogen and oxygen atoms in total. The number of sulfonamides is 1. The van der Waals surface area contributed by atoms with Gasteiger partial charge in [-0.05, 0) is 48.5 Å². The van der Waals surface area contributed by atoms with E-state index in [2.05, 4.69) is 10.2 Å². The molecule has 1 fully saturated rings. The van der Waals surface area contributed by atoms with Gasteiger partial charge in [0.2, 0.25) is 10.0 Å². The number of piperazine rings is 1. The van der Waals surface area contributed by atoms with Crippen molar-refractivity contribution in [1.82, 2.24) is 14.5 Å². The summed E-state index contributed by atoms with van der Waals surface area (Å²) in [5.41, 5.74) is -0.440. The number of hydrogen-bond donors (Lipinski definition) is 0. The Labute approximate surface area is 202 Å². The minimum absolute atomic E-state index is 0.00745. The van der Waals surface area contributed by atoms with Crippen LogP contribution in [0.4, 0.5) is 23.4 Å². The van der Waals surface area contributed by atoms with Crippen molar-refractivity contribution >= 4 is 39.0 Å². The van der Waals surface area contributed by atoms with Crippen LogP contribution in [0.15, 0.2) is 53.4 Å². The van der Waals surface area contributed by atoms with Gasteiger partial charge in [-0.15, -0.1) is 10.2 Å². The Morgan fingerprint density at radius 1 is 0.882 bits per heavy atom. The van der Waals surface area contributed by atoms with Crippen LogP contribution in [0.5, 0.6) is 0 Å². The SMILES string of the molecule is O=S(=O)(c1ccc(F)c(C(F)(F)F)c1)N1CCN(c2ccc(-c3ccc(Cl)cc3Cl)nn2)CC1. The summed E-state index contributed by atoms with van der Waals surface area (Å²) in [5, 5.41) is 9.27. The van der Waals surface area contributed by atoms with Gasteiger partial charge in [-0.3, -0.25) is 0 Å². The van der Waals surface area contributed by atoms with E-state index < -0.39 is 32.5 Å². The van der Waals surface area contributed by atoms with Crippen molar-refractivity contribution in [2.24, 2.45) is 0 Å². The van der Waals surface area contributed by atoms with Gasteiger partial charge in [-0.1, -0.05) is 23.2 Å². The molecule has 180 valence electrons. The van der Waals surface area contributed by atoms with E-state index in [4.69, 9.17) is 23.2 Å². The highest BCUT2D eigenvalue weighted by molar-refractivity contribution is 7.89. The molecule has 3 aromatic rings. The van der Waals surface area contributed by atoms with E-state index in [1.165, 1.54) is 0 Å². The quantitative estimate of drug-likeness (QED) is 0.434. The van der Waals surface area contributed by atoms with Crippen LogP contribution in [0, 0.1) is 5.82 Å². The fourth-order valence-corrected chi connectivity index (χ4v) is 5.48. The molecule has 0 N–H and O–H groups in total. The highest BCUT2D eigenvalue weighted by atomic mass is 35.5. The summed E-state index contributed by atoms with van der Waals surface area (Å²) in [6, 6.07) is 10.1. The normalized spacial score (nSPS) is 15.5. The molecule has 1 aliphatic rings. The standard InChI is InChI=1S/C21H16Cl2F4N4O2S/c22-13-1-3-15(17(23)11-13)19-5-6-20(29-28-19)30-7-9-31(10-8-30)34(32,33)14-2-4-18(24)16(12-14)21(25,26)27/h1-6,11-12H,7-10H2. The molecule has 1 aromatic heterocycles. The van der Waals surface area contributed by atoms with Gasteiger partial charge in [0.15, 0.2) is 5.82 Å². The number of nitrogens with zero attached hydrogens (tertiary/aromatic N) is 4. The molecule has 0 aliphatic carbocycles. The molecule has 4 rings (SSSR count). The first-order chi connectivity index (χ1) is 16.0. The number of halogens is 6. The van der Waals surface area contributed by atoms with Crippen LogP contribution in [-0.2, 0) is 16.2 Å². The monoisotopic (exact) mass is 534 g/mol. The Bertz CT molecular complexity index is 1310. The molecule has 0 saturated carbocycles. The number of aromatic nitrogens is 2. The van der Waals surface area contributed by atoms with Gasteiger partial charge in [0.1, 0.15) is 5.82 Å². The van der Waals surface area contributed by atoms with Crippen LogP contribution in [0.2, 0.25) is 10.0 Å². The highest BCUT2D eigenvalue weighted by Gasteiger charge is 2.37. The second kappa shape index (κ2) is 9.29. The minimum Gasteiger partial charge on any atom is -0.352 e. The number of alkyl halides is 3. The van der Waals surface area contributed by atoms with Crippen molar-refractivity contribution in [3.05, 3.63) is 70.0 Å². The Hall–Kier alpha value is -2.47. The summed E-state index contributed by atoms with van der Waals surface area (Å²) < 4.78 is 79.3. The summed E-state index contributed by atoms with van der Waals surface area (Å²) in [6.45, 7) is 0.492. The lowest BCUT2D eigenvalue weighted by atomic mass is 10.1. The van der Waals surface area contributed by atoms with Crippen molar-refractivity contribution < 1.29 is 26.0 Å². The Kier molecular flexibility index (Phi) is 6.74. The number of rotatable bonds is 4. The van der Waals surface area contributed by atoms with E-state index in [1.807, 2.05) is 0 Å². The van der Waals surface area contributed by atoms with Gasteiger partial charge >= 0.3 is 6.18 Å². The van der Waals surface area contributed by atoms with Gasteiger partial charge in [-0.25, -0.2) is 12.8 Å². The van der Waals surface area contributed by atoms with Crippen LogP contribution >= 0.6 is 23.2 Å². The molecule has 0 radical (unpaired) electrons. The largest absolute Gasteiger partial charge is 0.419 e. The van der Waals surface area contributed by atoms with E-state index in [9.17, 15) is 26.0 Å². The third-order valence-electron chi connectivity index (χ3n) is 5.30. The Morgan fingerprint density at radius 3 is 2.18 bits per heavy atom. The lowest BCUT2D eigenvalue weighted by Crippen LogP contribution is -2.49. The smallest absolute Gasteiger partial charge is 0.352 e. The maximum Gasteiger partial charge on any atom is 0.419 e. The van der Waals surface area contributed by atoms with E-state index in [1.54, 1.807) is 35.2 Å². The van der Waals surface area contributed by atoms with Crippen LogP contribution in [0.3, 0.4) is 0 Å². The highest BCUT2D eigenvalue weighted by Crippen LogP contribution is 2.34. The maximum atomic E-state index is 13.6. The summed E-state index contributed by atoms with van der Waals surface area (Å²) >= 11 is 12.1. The molecule has 34 heavy (non-hydrogen) atoms. The van der Waals surface area contributed by atoms with Crippen LogP contribution in [0.1, 0.15) is 5.56 Å². The van der Waals surface area contributed by atoms with E-state index in [-0.39, 0.29) is 26.2 Å². The molecular weight excluding hydrogens is 519 g/mol. The average Bonchev–Trinajstić information content (AvgIpc) is 2.79. The van der Waals surface area contributed by atoms with Crippen molar-refractivity contribution in [2.75, 3.05) is 31.1 Å². The first-order valence-electron chi connectivity index (χ1n) is 9.88. The molecule has 1 aliphatic heterocycles. The Balaban J connectivity index is 1.47. The molecule has 13 heteroatoms. The van der Waals surface area contributed by atoms with Gasteiger partial charge < -0.3 is 4.90 Å². The first kappa shape index (κ1) is 24.6. The summed E-state index contributed by atoms with van der Waals surface area (Å²) in [4.78, 5) is 1.19. The third kappa shape index (κ3) is 4.97. The molecule has 0 spiro atoms. The average molecular weight is 535 g/mol. The molecule has 0 amide bonds. The molecule has 0 atom stereocenters. The zero-order valence-electron chi connectivity index (χ0n) is 17.2. The second-order valence-electron chi connectivity index (χ2n) is 7.43. The van der Waals surface area contributed by atoms with E-state index in [0.29, 0.717) is 39.3 Å². The first-order valence-corrected chi connectivity index (χ1v) is 12.1. The van der Waals surface area contributed by atoms with Crippen molar-refractivity contribution in [2.45, 2.75) is 11.1 Å². The predicted octanol–water partition coefficient (Wildman–Crippen LogP) is 5.12. The summed E-state index contributed by atoms with van der Waals surface area (Å²) in [6.07, 6.45) is -5.00. The summed E-state index contributed by atoms with van der Waals surface area (Å²) in [5.74, 6) is -1.02. The third-order valence-corrected chi connectivity index (χ3v) is 7.74. The van der Waals surface area contributed by atoms with Gasteiger partial charge in [0, 0.05) is 36.8 Å². The lowest BCUT2D eigenvalue weighted by molar-refractivity contribution is -0.140. The van der Waals surface area contributed by atoms with E-state index >= 15 is 0 Å². The maximum absolute atomic E-state index is 13.6. The minimum atomic E-state index is -5.00. The molecular formula is C21H16Cl2F4N4O2S. The van der Waals surface area contributed by atoms with Crippen LogP contribution in [-0.4, -0.2) is 49.1 Å². The van der Waals surface area contributed by atoms with Crippen molar-refractivity contribution in [3.63, 3.8) is 0 Å². The molecule has 1 saturated heterocycles. The fraction of sp³-hybridized carbons (Fsp3) is 0.238. The predicted molar refractivity (Wildman–Crippen MR) is 120 cm³/mol. The number of hydrogen-bond acceptors (Lipinski definition) is 5. The Morgan fingerprint density at radius 2 is 1.59 bits per heavy atom. The van der Waals surface area contributed by atoms with Gasteiger partial charge in [-0.2, -0.15) is 17.5 Å². The summed E-state index contributed by atoms with van der Waals surface area (Å²) in [7, 11) is -4.24. The molecule has 2 heterocycles. The molecule has 2 aromatic carbocycles. The van der Waals surface area contributed by atoms with Crippen LogP contribution in [0.25, 0.3) is 11.3 Å². The number of benzene rings is 2. The topological polar surface area (TPSA) is 66.4 Å². The molecule has 0 bridgehead atoms. The fourth-order valence-electron chi connectivity index (χ4n) is 3.52. The zero-order valence-corrected chi connectivity index (χ0v) is 19.6. The van der Waals surface area contributed by atoms with Crippen LogP contribution < -0.4 is 4.90 Å². The molecule has 0 unspecified atom stereocenters. The van der Waals surface area contributed by atoms with Crippen molar-refractivity contribution in [1.29, 1.82) is 0 Å². The second-order valence-corrected chi connectivity index (χ2v) is 10.2. The van der Waals surface area contributed by atoms with Crippen molar-refractivity contribution in [3.8, 4) is 11.3 Å². The van der Waals surface area contributed by atoms with Gasteiger partial charge in [0.05, 0.1) is 21.2 Å². The number of anilines is 1. The zero-order chi connectivity index (χ0) is 24.7. The van der Waals surface area contributed by atoms with Gasteiger partial charge in [0.25, 0.3) is 0 Å².